The van der Waals surface area contributed by atoms with Gasteiger partial charge >= 0.3 is 0 Å². The third-order valence-corrected chi connectivity index (χ3v) is 2.63. The maximum atomic E-state index is 8.97. The Morgan fingerprint density at radius 3 is 2.61 bits per heavy atom. The van der Waals surface area contributed by atoms with Crippen molar-refractivity contribution in [2.45, 2.75) is 6.42 Å². The summed E-state index contributed by atoms with van der Waals surface area (Å²) in [6, 6.07) is 6.01. The fourth-order valence-electron chi connectivity index (χ4n) is 1.64. The van der Waals surface area contributed by atoms with Crippen molar-refractivity contribution in [1.29, 1.82) is 5.26 Å². The summed E-state index contributed by atoms with van der Waals surface area (Å²) < 4.78 is 0. The number of hydrogen-bond acceptors (Lipinski definition) is 5. The van der Waals surface area contributed by atoms with Gasteiger partial charge in [0.2, 0.25) is 0 Å². The quantitative estimate of drug-likeness (QED) is 0.807. The van der Waals surface area contributed by atoms with E-state index in [0.717, 1.165) is 13.0 Å². The number of nitrogens with zero attached hydrogens (tertiary/aromatic N) is 5. The van der Waals surface area contributed by atoms with Crippen molar-refractivity contribution in [3.63, 3.8) is 0 Å². The van der Waals surface area contributed by atoms with Crippen LogP contribution in [0.3, 0.4) is 0 Å². The number of anilines is 1. The molecule has 0 spiro atoms. The molecule has 0 saturated heterocycles. The normalized spacial score (nSPS) is 9.78. The number of likely N-dealkylation sites (N-methyl/N-ethyl adjacent to an activating group) is 1. The molecule has 0 aliphatic carbocycles. The van der Waals surface area contributed by atoms with E-state index < -0.39 is 0 Å². The van der Waals surface area contributed by atoms with Crippen molar-refractivity contribution in [2.75, 3.05) is 18.5 Å². The standard InChI is InChI=1S/C13H13N5/c1-18(9-4-11-2-5-15-6-3-11)13-12(10-14)16-7-8-17-13/h2-3,5-8H,4,9H2,1H3. The average Bonchev–Trinajstić information content (AvgIpc) is 2.45. The summed E-state index contributed by atoms with van der Waals surface area (Å²) >= 11 is 0. The third kappa shape index (κ3) is 2.80. The van der Waals surface area contributed by atoms with E-state index in [1.807, 2.05) is 30.1 Å². The van der Waals surface area contributed by atoms with Crippen LogP contribution in [0, 0.1) is 11.3 Å². The van der Waals surface area contributed by atoms with E-state index in [-0.39, 0.29) is 0 Å². The zero-order valence-electron chi connectivity index (χ0n) is 10.1. The summed E-state index contributed by atoms with van der Waals surface area (Å²) in [6.45, 7) is 0.775. The predicted molar refractivity (Wildman–Crippen MR) is 68.0 cm³/mol. The minimum atomic E-state index is 0.356. The van der Waals surface area contributed by atoms with Gasteiger partial charge in [-0.1, -0.05) is 0 Å². The van der Waals surface area contributed by atoms with E-state index >= 15 is 0 Å². The SMILES string of the molecule is CN(CCc1ccncc1)c1nccnc1C#N. The number of rotatable bonds is 4. The highest BCUT2D eigenvalue weighted by Crippen LogP contribution is 2.12. The molecule has 0 fully saturated rings. The Bertz CT molecular complexity index is 547. The Labute approximate surface area is 106 Å². The van der Waals surface area contributed by atoms with Crippen LogP contribution in [0.25, 0.3) is 0 Å². The zero-order chi connectivity index (χ0) is 12.8. The molecule has 0 amide bonds. The molecule has 5 heteroatoms. The van der Waals surface area contributed by atoms with Crippen molar-refractivity contribution in [2.24, 2.45) is 0 Å². The van der Waals surface area contributed by atoms with Crippen molar-refractivity contribution in [1.82, 2.24) is 15.0 Å². The summed E-state index contributed by atoms with van der Waals surface area (Å²) in [7, 11) is 1.91. The molecule has 18 heavy (non-hydrogen) atoms. The lowest BCUT2D eigenvalue weighted by atomic mass is 10.2. The van der Waals surface area contributed by atoms with Crippen LogP contribution in [-0.2, 0) is 6.42 Å². The van der Waals surface area contributed by atoms with Crippen LogP contribution < -0.4 is 4.90 Å². The summed E-state index contributed by atoms with van der Waals surface area (Å²) in [5, 5.41) is 8.97. The fourth-order valence-corrected chi connectivity index (χ4v) is 1.64. The van der Waals surface area contributed by atoms with E-state index in [0.29, 0.717) is 11.5 Å². The van der Waals surface area contributed by atoms with Crippen molar-refractivity contribution < 1.29 is 0 Å². The van der Waals surface area contributed by atoms with Crippen molar-refractivity contribution in [3.05, 3.63) is 48.2 Å². The van der Waals surface area contributed by atoms with Gasteiger partial charge in [0.25, 0.3) is 0 Å². The van der Waals surface area contributed by atoms with Crippen LogP contribution in [0.5, 0.6) is 0 Å². The summed E-state index contributed by atoms with van der Waals surface area (Å²) in [4.78, 5) is 14.1. The highest BCUT2D eigenvalue weighted by Gasteiger charge is 2.09. The number of pyridine rings is 1. The Balaban J connectivity index is 2.04. The van der Waals surface area contributed by atoms with Gasteiger partial charge in [-0.2, -0.15) is 5.26 Å². The van der Waals surface area contributed by atoms with Crippen molar-refractivity contribution in [3.8, 4) is 6.07 Å². The molecular formula is C13H13N5. The molecule has 0 bridgehead atoms. The van der Waals surface area contributed by atoms with Crippen LogP contribution in [0.2, 0.25) is 0 Å². The maximum absolute atomic E-state index is 8.97. The van der Waals surface area contributed by atoms with Crippen LogP contribution in [0.4, 0.5) is 5.82 Å². The molecule has 0 aromatic carbocycles. The molecule has 90 valence electrons. The monoisotopic (exact) mass is 239 g/mol. The van der Waals surface area contributed by atoms with Gasteiger partial charge in [0.05, 0.1) is 0 Å². The highest BCUT2D eigenvalue weighted by molar-refractivity contribution is 5.48. The van der Waals surface area contributed by atoms with Crippen LogP contribution >= 0.6 is 0 Å². The number of aromatic nitrogens is 3. The minimum absolute atomic E-state index is 0.356. The molecule has 0 aliphatic rings. The van der Waals surface area contributed by atoms with E-state index in [1.165, 1.54) is 11.8 Å². The summed E-state index contributed by atoms with van der Waals surface area (Å²) in [6.07, 6.45) is 7.55. The summed E-state index contributed by atoms with van der Waals surface area (Å²) in [5.74, 6) is 0.619. The lowest BCUT2D eigenvalue weighted by molar-refractivity contribution is 0.850. The molecule has 0 radical (unpaired) electrons. The molecule has 0 unspecified atom stereocenters. The van der Waals surface area contributed by atoms with Crippen LogP contribution in [0.15, 0.2) is 36.9 Å². The minimum Gasteiger partial charge on any atom is -0.357 e. The molecule has 0 aliphatic heterocycles. The molecule has 2 aromatic rings. The topological polar surface area (TPSA) is 65.7 Å². The first kappa shape index (κ1) is 12.0. The second-order valence-corrected chi connectivity index (χ2v) is 3.87. The van der Waals surface area contributed by atoms with Gasteiger partial charge in [-0.05, 0) is 24.1 Å². The molecule has 0 atom stereocenters. The first-order chi connectivity index (χ1) is 8.81. The van der Waals surface area contributed by atoms with Crippen LogP contribution in [0.1, 0.15) is 11.3 Å². The lowest BCUT2D eigenvalue weighted by Gasteiger charge is -2.18. The Kier molecular flexibility index (Phi) is 3.82. The van der Waals surface area contributed by atoms with Gasteiger partial charge in [0, 0.05) is 38.4 Å². The molecule has 2 heterocycles. The number of hydrogen-bond donors (Lipinski definition) is 0. The molecule has 0 N–H and O–H groups in total. The first-order valence-electron chi connectivity index (χ1n) is 5.62. The summed E-state index contributed by atoms with van der Waals surface area (Å²) in [5.41, 5.74) is 1.56. The molecule has 2 rings (SSSR count). The van der Waals surface area contributed by atoms with Gasteiger partial charge in [-0.25, -0.2) is 9.97 Å². The second-order valence-electron chi connectivity index (χ2n) is 3.87. The zero-order valence-corrected chi connectivity index (χ0v) is 10.1. The predicted octanol–water partition coefficient (Wildman–Crippen LogP) is 1.42. The van der Waals surface area contributed by atoms with Gasteiger partial charge in [-0.3, -0.25) is 4.98 Å². The van der Waals surface area contributed by atoms with E-state index in [1.54, 1.807) is 18.6 Å². The third-order valence-electron chi connectivity index (χ3n) is 2.63. The fraction of sp³-hybridized carbons (Fsp3) is 0.231. The van der Waals surface area contributed by atoms with E-state index in [2.05, 4.69) is 15.0 Å². The Morgan fingerprint density at radius 2 is 1.89 bits per heavy atom. The lowest BCUT2D eigenvalue weighted by Crippen LogP contribution is -2.22. The molecular weight excluding hydrogens is 226 g/mol. The van der Waals surface area contributed by atoms with Gasteiger partial charge in [0.15, 0.2) is 11.5 Å². The van der Waals surface area contributed by atoms with E-state index in [4.69, 9.17) is 5.26 Å². The second kappa shape index (κ2) is 5.73. The maximum Gasteiger partial charge on any atom is 0.183 e. The average molecular weight is 239 g/mol. The van der Waals surface area contributed by atoms with Gasteiger partial charge in [-0.15, -0.1) is 0 Å². The molecule has 2 aromatic heterocycles. The van der Waals surface area contributed by atoms with Crippen LogP contribution in [-0.4, -0.2) is 28.5 Å². The first-order valence-corrected chi connectivity index (χ1v) is 5.62. The molecule has 5 nitrogen and oxygen atoms in total. The van der Waals surface area contributed by atoms with Gasteiger partial charge in [0.1, 0.15) is 6.07 Å². The largest absolute Gasteiger partial charge is 0.357 e. The Morgan fingerprint density at radius 1 is 1.17 bits per heavy atom. The number of nitriles is 1. The smallest absolute Gasteiger partial charge is 0.183 e. The molecule has 0 saturated carbocycles. The Hall–Kier alpha value is -2.48. The van der Waals surface area contributed by atoms with E-state index in [9.17, 15) is 0 Å². The van der Waals surface area contributed by atoms with Crippen molar-refractivity contribution >= 4 is 5.82 Å². The van der Waals surface area contributed by atoms with Gasteiger partial charge < -0.3 is 4.90 Å². The highest BCUT2D eigenvalue weighted by atomic mass is 15.2.